The van der Waals surface area contributed by atoms with Gasteiger partial charge in [-0.15, -0.1) is 11.3 Å². The van der Waals surface area contributed by atoms with E-state index in [1.807, 2.05) is 17.9 Å². The summed E-state index contributed by atoms with van der Waals surface area (Å²) in [6.07, 6.45) is 3.78. The predicted molar refractivity (Wildman–Crippen MR) is 67.0 cm³/mol. The fourth-order valence-electron chi connectivity index (χ4n) is 2.05. The number of nitrogens with zero attached hydrogens (tertiary/aromatic N) is 3. The van der Waals surface area contributed by atoms with Gasteiger partial charge in [0, 0.05) is 17.3 Å². The lowest BCUT2D eigenvalue weighted by atomic mass is 10.1. The molecule has 4 heteroatoms. The highest BCUT2D eigenvalue weighted by Crippen LogP contribution is 2.26. The molecule has 1 atom stereocenters. The zero-order valence-electron chi connectivity index (χ0n) is 10.1. The van der Waals surface area contributed by atoms with Crippen LogP contribution in [0, 0.1) is 6.92 Å². The van der Waals surface area contributed by atoms with Gasteiger partial charge in [0.15, 0.2) is 0 Å². The van der Waals surface area contributed by atoms with E-state index in [1.165, 1.54) is 5.69 Å². The molecule has 16 heavy (non-hydrogen) atoms. The van der Waals surface area contributed by atoms with Crippen LogP contribution < -0.4 is 0 Å². The van der Waals surface area contributed by atoms with E-state index < -0.39 is 0 Å². The molecule has 2 rings (SSSR count). The van der Waals surface area contributed by atoms with Gasteiger partial charge in [0.05, 0.1) is 18.1 Å². The molecule has 0 bridgehead atoms. The van der Waals surface area contributed by atoms with Crippen LogP contribution >= 0.6 is 11.3 Å². The maximum atomic E-state index is 4.41. The maximum absolute atomic E-state index is 4.41. The van der Waals surface area contributed by atoms with Crippen LogP contribution in [-0.4, -0.2) is 14.5 Å². The number of hydrogen-bond donors (Lipinski definition) is 0. The highest BCUT2D eigenvalue weighted by Gasteiger charge is 2.17. The number of aromatic nitrogens is 3. The van der Waals surface area contributed by atoms with E-state index in [-0.39, 0.29) is 6.04 Å². The fraction of sp³-hybridized carbons (Fsp3) is 0.500. The van der Waals surface area contributed by atoms with Crippen LogP contribution in [0.5, 0.6) is 0 Å². The van der Waals surface area contributed by atoms with Gasteiger partial charge in [0.2, 0.25) is 0 Å². The van der Waals surface area contributed by atoms with Gasteiger partial charge in [0.25, 0.3) is 0 Å². The van der Waals surface area contributed by atoms with Gasteiger partial charge in [0.1, 0.15) is 5.01 Å². The van der Waals surface area contributed by atoms with Gasteiger partial charge in [-0.05, 0) is 19.8 Å². The smallest absolute Gasteiger partial charge is 0.115 e. The van der Waals surface area contributed by atoms with E-state index >= 15 is 0 Å². The van der Waals surface area contributed by atoms with Crippen molar-refractivity contribution in [1.29, 1.82) is 0 Å². The highest BCUT2D eigenvalue weighted by atomic mass is 32.1. The molecular formula is C12H17N3S. The normalized spacial score (nSPS) is 13.3. The van der Waals surface area contributed by atoms with Crippen LogP contribution in [-0.2, 0) is 0 Å². The van der Waals surface area contributed by atoms with Crippen LogP contribution in [0.15, 0.2) is 17.9 Å². The molecule has 3 nitrogen and oxygen atoms in total. The van der Waals surface area contributed by atoms with Crippen LogP contribution in [0.25, 0.3) is 0 Å². The van der Waals surface area contributed by atoms with Gasteiger partial charge >= 0.3 is 0 Å². The molecule has 0 fully saturated rings. The van der Waals surface area contributed by atoms with Gasteiger partial charge in [-0.2, -0.15) is 0 Å². The largest absolute Gasteiger partial charge is 0.324 e. The zero-order chi connectivity index (χ0) is 11.7. The second-order valence-electron chi connectivity index (χ2n) is 4.32. The Hall–Kier alpha value is -1.16. The van der Waals surface area contributed by atoms with Crippen molar-refractivity contribution >= 4 is 11.3 Å². The van der Waals surface area contributed by atoms with Crippen molar-refractivity contribution in [1.82, 2.24) is 14.5 Å². The van der Waals surface area contributed by atoms with Crippen molar-refractivity contribution in [2.75, 3.05) is 0 Å². The number of hydrogen-bond acceptors (Lipinski definition) is 3. The van der Waals surface area contributed by atoms with Gasteiger partial charge in [-0.3, -0.25) is 0 Å². The number of thiazole rings is 1. The molecule has 86 valence electrons. The Kier molecular flexibility index (Phi) is 3.10. The quantitative estimate of drug-likeness (QED) is 0.816. The molecule has 0 spiro atoms. The molecule has 0 aromatic carbocycles. The van der Waals surface area contributed by atoms with E-state index in [4.69, 9.17) is 0 Å². The lowest BCUT2D eigenvalue weighted by Crippen LogP contribution is -2.10. The Morgan fingerprint density at radius 1 is 1.25 bits per heavy atom. The Morgan fingerprint density at radius 2 is 2.00 bits per heavy atom. The summed E-state index contributed by atoms with van der Waals surface area (Å²) in [6.45, 7) is 8.65. The molecule has 2 aromatic rings. The van der Waals surface area contributed by atoms with Crippen LogP contribution in [0.4, 0.5) is 0 Å². The molecule has 0 aliphatic rings. The topological polar surface area (TPSA) is 30.7 Å². The molecule has 0 N–H and O–H groups in total. The first-order chi connectivity index (χ1) is 7.61. The average Bonchev–Trinajstić information content (AvgIpc) is 2.84. The number of rotatable bonds is 3. The highest BCUT2D eigenvalue weighted by molar-refractivity contribution is 7.09. The van der Waals surface area contributed by atoms with Crippen molar-refractivity contribution in [3.8, 4) is 0 Å². The molecule has 0 aliphatic carbocycles. The Balaban J connectivity index is 2.41. The summed E-state index contributed by atoms with van der Waals surface area (Å²) in [4.78, 5) is 8.78. The molecule has 0 saturated heterocycles. The summed E-state index contributed by atoms with van der Waals surface area (Å²) in [7, 11) is 0. The summed E-state index contributed by atoms with van der Waals surface area (Å²) in [6, 6.07) is 0.276. The van der Waals surface area contributed by atoms with Crippen LogP contribution in [0.3, 0.4) is 0 Å². The summed E-state index contributed by atoms with van der Waals surface area (Å²) in [5.74, 6) is 0.491. The van der Waals surface area contributed by atoms with E-state index in [0.717, 1.165) is 10.7 Å². The minimum atomic E-state index is 0.276. The van der Waals surface area contributed by atoms with E-state index in [0.29, 0.717) is 5.92 Å². The molecule has 2 aromatic heterocycles. The first-order valence-electron chi connectivity index (χ1n) is 5.54. The number of aryl methyl sites for hydroxylation is 1. The van der Waals surface area contributed by atoms with Crippen LogP contribution in [0.1, 0.15) is 49.1 Å². The standard InChI is InChI=1S/C12H17N3S/c1-8(2)11-9(3)14-7-15(11)10(4)12-13-5-6-16-12/h5-8,10H,1-4H3. The first kappa shape index (κ1) is 11.3. The molecule has 2 heterocycles. The first-order valence-corrected chi connectivity index (χ1v) is 6.42. The second-order valence-corrected chi connectivity index (χ2v) is 5.25. The Labute approximate surface area is 100 Å². The second kappa shape index (κ2) is 4.37. The van der Waals surface area contributed by atoms with E-state index in [1.54, 1.807) is 11.3 Å². The van der Waals surface area contributed by atoms with Crippen molar-refractivity contribution in [3.63, 3.8) is 0 Å². The van der Waals surface area contributed by atoms with E-state index in [9.17, 15) is 0 Å². The van der Waals surface area contributed by atoms with Crippen molar-refractivity contribution in [3.05, 3.63) is 34.3 Å². The van der Waals surface area contributed by atoms with Crippen molar-refractivity contribution in [2.24, 2.45) is 0 Å². The maximum Gasteiger partial charge on any atom is 0.115 e. The summed E-state index contributed by atoms with van der Waals surface area (Å²) >= 11 is 1.70. The summed E-state index contributed by atoms with van der Waals surface area (Å²) < 4.78 is 2.23. The summed E-state index contributed by atoms with van der Waals surface area (Å²) in [5.41, 5.74) is 2.43. The van der Waals surface area contributed by atoms with E-state index in [2.05, 4.69) is 42.2 Å². The monoisotopic (exact) mass is 235 g/mol. The Bertz CT molecular complexity index is 457. The third-order valence-electron chi connectivity index (χ3n) is 2.80. The summed E-state index contributed by atoms with van der Waals surface area (Å²) in [5, 5.41) is 3.16. The average molecular weight is 235 g/mol. The SMILES string of the molecule is Cc1ncn(C(C)c2nccs2)c1C(C)C. The van der Waals surface area contributed by atoms with Crippen molar-refractivity contribution < 1.29 is 0 Å². The van der Waals surface area contributed by atoms with Gasteiger partial charge in [-0.1, -0.05) is 13.8 Å². The predicted octanol–water partition coefficient (Wildman–Crippen LogP) is 3.38. The minimum absolute atomic E-state index is 0.276. The zero-order valence-corrected chi connectivity index (χ0v) is 11.0. The van der Waals surface area contributed by atoms with Crippen LogP contribution in [0.2, 0.25) is 0 Å². The minimum Gasteiger partial charge on any atom is -0.324 e. The third kappa shape index (κ3) is 1.89. The van der Waals surface area contributed by atoms with Crippen molar-refractivity contribution in [2.45, 2.75) is 39.7 Å². The molecule has 0 aliphatic heterocycles. The number of imidazole rings is 1. The third-order valence-corrected chi connectivity index (χ3v) is 3.74. The molecule has 0 amide bonds. The molecule has 1 unspecified atom stereocenters. The fourth-order valence-corrected chi connectivity index (χ4v) is 2.74. The Morgan fingerprint density at radius 3 is 2.56 bits per heavy atom. The molecule has 0 radical (unpaired) electrons. The van der Waals surface area contributed by atoms with Gasteiger partial charge < -0.3 is 4.57 Å². The lowest BCUT2D eigenvalue weighted by Gasteiger charge is -2.17. The molecule has 0 saturated carbocycles. The molecular weight excluding hydrogens is 218 g/mol. The lowest BCUT2D eigenvalue weighted by molar-refractivity contribution is 0.584. The van der Waals surface area contributed by atoms with Gasteiger partial charge in [-0.25, -0.2) is 9.97 Å².